The summed E-state index contributed by atoms with van der Waals surface area (Å²) in [4.78, 5) is 7.99. The molecule has 0 fully saturated rings. The molecule has 0 atom stereocenters. The van der Waals surface area contributed by atoms with Gasteiger partial charge in [0.2, 0.25) is 0 Å². The first-order valence-electron chi connectivity index (χ1n) is 7.31. The summed E-state index contributed by atoms with van der Waals surface area (Å²) in [7, 11) is 0. The Balaban J connectivity index is 1.81. The highest BCUT2D eigenvalue weighted by molar-refractivity contribution is 8.14. The lowest BCUT2D eigenvalue weighted by Gasteiger charge is -2.15. The Morgan fingerprint density at radius 1 is 1.14 bits per heavy atom. The van der Waals surface area contributed by atoms with Crippen LogP contribution in [0.2, 0.25) is 0 Å². The molecular formula is C17H20N4S. The number of aromatic amines is 1. The van der Waals surface area contributed by atoms with Gasteiger partial charge in [0, 0.05) is 22.7 Å². The van der Waals surface area contributed by atoms with Gasteiger partial charge in [0.05, 0.1) is 11.4 Å². The van der Waals surface area contributed by atoms with Gasteiger partial charge < -0.3 is 4.98 Å². The molecule has 0 aliphatic carbocycles. The zero-order valence-electron chi connectivity index (χ0n) is 13.3. The van der Waals surface area contributed by atoms with Gasteiger partial charge in [0.1, 0.15) is 0 Å². The van der Waals surface area contributed by atoms with E-state index in [0.717, 1.165) is 33.7 Å². The Morgan fingerprint density at radius 2 is 1.95 bits per heavy atom. The fourth-order valence-corrected chi connectivity index (χ4v) is 3.34. The highest BCUT2D eigenvalue weighted by Crippen LogP contribution is 2.23. The minimum atomic E-state index is 0.828. The Bertz CT molecular complexity index is 771. The second-order valence-electron chi connectivity index (χ2n) is 5.66. The Kier molecular flexibility index (Phi) is 4.07. The molecule has 2 N–H and O–H groups in total. The molecule has 0 saturated heterocycles. The molecule has 0 amide bonds. The third kappa shape index (κ3) is 3.09. The average Bonchev–Trinajstić information content (AvgIpc) is 2.82. The number of aliphatic imine (C=N–C) groups is 1. The Morgan fingerprint density at radius 3 is 2.55 bits per heavy atom. The van der Waals surface area contributed by atoms with E-state index in [-0.39, 0.29) is 0 Å². The third-order valence-corrected chi connectivity index (χ3v) is 4.54. The normalized spacial score (nSPS) is 16.5. The van der Waals surface area contributed by atoms with Crippen molar-refractivity contribution in [3.05, 3.63) is 52.3 Å². The summed E-state index contributed by atoms with van der Waals surface area (Å²) in [5, 5.41) is 5.34. The summed E-state index contributed by atoms with van der Waals surface area (Å²) in [6.45, 7) is 8.32. The molecule has 1 aromatic carbocycles. The Labute approximate surface area is 135 Å². The smallest absolute Gasteiger partial charge is 0.182 e. The number of thioether (sulfide) groups is 1. The number of aryl methyl sites for hydroxylation is 4. The molecule has 0 spiro atoms. The third-order valence-electron chi connectivity index (χ3n) is 3.67. The fourth-order valence-electron chi connectivity index (χ4n) is 2.58. The van der Waals surface area contributed by atoms with Gasteiger partial charge in [0.25, 0.3) is 0 Å². The SMILES string of the molecule is Cc1ccc(N=C2NN=C(c3cc(C)[nH]c3C)CS2)c(C)c1. The number of H-pyrrole nitrogens is 1. The fraction of sp³-hybridized carbons (Fsp3) is 0.294. The number of nitrogens with one attached hydrogen (secondary N) is 2. The van der Waals surface area contributed by atoms with Crippen LogP contribution in [0.1, 0.15) is 28.1 Å². The van der Waals surface area contributed by atoms with Gasteiger partial charge in [-0.05, 0) is 45.4 Å². The molecular weight excluding hydrogens is 292 g/mol. The van der Waals surface area contributed by atoms with Crippen LogP contribution in [0.4, 0.5) is 5.69 Å². The molecule has 0 unspecified atom stereocenters. The zero-order valence-corrected chi connectivity index (χ0v) is 14.1. The van der Waals surface area contributed by atoms with Gasteiger partial charge in [-0.3, -0.25) is 5.43 Å². The molecule has 2 heterocycles. The topological polar surface area (TPSA) is 52.5 Å². The molecule has 0 saturated carbocycles. The summed E-state index contributed by atoms with van der Waals surface area (Å²) >= 11 is 1.69. The van der Waals surface area contributed by atoms with Crippen molar-refractivity contribution in [2.75, 3.05) is 5.75 Å². The van der Waals surface area contributed by atoms with Gasteiger partial charge in [0.15, 0.2) is 5.17 Å². The van der Waals surface area contributed by atoms with Crippen LogP contribution in [0.25, 0.3) is 0 Å². The molecule has 22 heavy (non-hydrogen) atoms. The first-order chi connectivity index (χ1) is 10.5. The van der Waals surface area contributed by atoms with E-state index in [1.54, 1.807) is 11.8 Å². The Hall–Kier alpha value is -2.01. The quantitative estimate of drug-likeness (QED) is 0.881. The lowest BCUT2D eigenvalue weighted by Crippen LogP contribution is -2.25. The standard InChI is InChI=1S/C17H20N4S/c1-10-5-6-15(11(2)7-10)19-17-21-20-16(9-22-17)14-8-12(3)18-13(14)4/h5-8,18H,9H2,1-4H3,(H,19,21). The lowest BCUT2D eigenvalue weighted by atomic mass is 10.1. The molecule has 114 valence electrons. The van der Waals surface area contributed by atoms with E-state index in [1.807, 2.05) is 0 Å². The molecule has 3 rings (SSSR count). The van der Waals surface area contributed by atoms with Crippen LogP contribution in [0, 0.1) is 27.7 Å². The number of hydrogen-bond acceptors (Lipinski definition) is 3. The molecule has 0 bridgehead atoms. The van der Waals surface area contributed by atoms with Crippen molar-refractivity contribution in [2.45, 2.75) is 27.7 Å². The monoisotopic (exact) mass is 312 g/mol. The summed E-state index contributed by atoms with van der Waals surface area (Å²) in [6.07, 6.45) is 0. The van der Waals surface area contributed by atoms with E-state index in [9.17, 15) is 0 Å². The molecule has 1 aromatic heterocycles. The maximum absolute atomic E-state index is 4.67. The van der Waals surface area contributed by atoms with Crippen LogP contribution in [-0.2, 0) is 0 Å². The number of amidine groups is 1. The van der Waals surface area contributed by atoms with Crippen LogP contribution < -0.4 is 5.43 Å². The van der Waals surface area contributed by atoms with E-state index in [4.69, 9.17) is 0 Å². The summed E-state index contributed by atoms with van der Waals surface area (Å²) < 4.78 is 0. The van der Waals surface area contributed by atoms with Crippen LogP contribution in [-0.4, -0.2) is 21.6 Å². The van der Waals surface area contributed by atoms with Crippen LogP contribution in [0.15, 0.2) is 34.4 Å². The lowest BCUT2D eigenvalue weighted by molar-refractivity contribution is 1.03. The summed E-state index contributed by atoms with van der Waals surface area (Å²) in [5.41, 5.74) is 11.1. The van der Waals surface area contributed by atoms with Crippen molar-refractivity contribution in [1.29, 1.82) is 0 Å². The van der Waals surface area contributed by atoms with Crippen LogP contribution in [0.5, 0.6) is 0 Å². The second-order valence-corrected chi connectivity index (χ2v) is 6.62. The maximum atomic E-state index is 4.67. The highest BCUT2D eigenvalue weighted by atomic mass is 32.2. The molecule has 1 aliphatic heterocycles. The van der Waals surface area contributed by atoms with Crippen molar-refractivity contribution in [1.82, 2.24) is 10.4 Å². The van der Waals surface area contributed by atoms with Crippen LogP contribution in [0.3, 0.4) is 0 Å². The van der Waals surface area contributed by atoms with Gasteiger partial charge in [-0.25, -0.2) is 4.99 Å². The summed E-state index contributed by atoms with van der Waals surface area (Å²) in [6, 6.07) is 8.43. The number of benzene rings is 1. The average molecular weight is 312 g/mol. The minimum absolute atomic E-state index is 0.828. The predicted octanol–water partition coefficient (Wildman–Crippen LogP) is 3.98. The number of nitrogens with zero attached hydrogens (tertiary/aromatic N) is 2. The molecule has 5 heteroatoms. The van der Waals surface area contributed by atoms with E-state index in [0.29, 0.717) is 0 Å². The molecule has 1 aliphatic rings. The molecule has 0 radical (unpaired) electrons. The number of rotatable bonds is 2. The molecule has 2 aromatic rings. The molecule has 4 nitrogen and oxygen atoms in total. The number of hydrazone groups is 1. The van der Waals surface area contributed by atoms with Crippen molar-refractivity contribution in [3.63, 3.8) is 0 Å². The zero-order chi connectivity index (χ0) is 15.7. The van der Waals surface area contributed by atoms with Crippen molar-refractivity contribution < 1.29 is 0 Å². The highest BCUT2D eigenvalue weighted by Gasteiger charge is 2.16. The van der Waals surface area contributed by atoms with Crippen LogP contribution >= 0.6 is 11.8 Å². The van der Waals surface area contributed by atoms with E-state index >= 15 is 0 Å². The predicted molar refractivity (Wildman–Crippen MR) is 95.4 cm³/mol. The van der Waals surface area contributed by atoms with Crippen molar-refractivity contribution in [3.8, 4) is 0 Å². The van der Waals surface area contributed by atoms with Crippen molar-refractivity contribution >= 4 is 28.3 Å². The second kappa shape index (κ2) is 6.01. The first-order valence-corrected chi connectivity index (χ1v) is 8.29. The van der Waals surface area contributed by atoms with Gasteiger partial charge in [-0.1, -0.05) is 29.5 Å². The first kappa shape index (κ1) is 14.9. The van der Waals surface area contributed by atoms with E-state index < -0.39 is 0 Å². The van der Waals surface area contributed by atoms with Crippen molar-refractivity contribution in [2.24, 2.45) is 10.1 Å². The largest absolute Gasteiger partial charge is 0.362 e. The van der Waals surface area contributed by atoms with E-state index in [1.165, 1.54) is 16.7 Å². The van der Waals surface area contributed by atoms with Gasteiger partial charge >= 0.3 is 0 Å². The number of aromatic nitrogens is 1. The van der Waals surface area contributed by atoms with E-state index in [2.05, 4.69) is 72.5 Å². The van der Waals surface area contributed by atoms with Gasteiger partial charge in [-0.2, -0.15) is 5.10 Å². The van der Waals surface area contributed by atoms with Gasteiger partial charge in [-0.15, -0.1) is 0 Å². The minimum Gasteiger partial charge on any atom is -0.362 e. The number of hydrogen-bond donors (Lipinski definition) is 2. The maximum Gasteiger partial charge on any atom is 0.182 e. The summed E-state index contributed by atoms with van der Waals surface area (Å²) in [5.74, 6) is 0.828.